The molecule has 1 fully saturated rings. The third kappa shape index (κ3) is 2.94. The molecule has 3 rings (SSSR count). The minimum Gasteiger partial charge on any atom is -0.419 e. The Morgan fingerprint density at radius 2 is 2.09 bits per heavy atom. The van der Waals surface area contributed by atoms with E-state index in [0.29, 0.717) is 22.5 Å². The summed E-state index contributed by atoms with van der Waals surface area (Å²) in [5.74, 6) is 1.00. The van der Waals surface area contributed by atoms with E-state index in [0.717, 1.165) is 38.3 Å². The van der Waals surface area contributed by atoms with E-state index >= 15 is 0 Å². The number of halogens is 1. The van der Waals surface area contributed by atoms with Crippen LogP contribution in [0.15, 0.2) is 28.7 Å². The van der Waals surface area contributed by atoms with E-state index in [4.69, 9.17) is 16.0 Å². The maximum Gasteiger partial charge on any atom is 0.235 e. The van der Waals surface area contributed by atoms with Crippen molar-refractivity contribution in [2.24, 2.45) is 0 Å². The number of aromatic nitrogens is 1. The third-order valence-electron chi connectivity index (χ3n) is 3.89. The highest BCUT2D eigenvalue weighted by atomic mass is 35.5. The van der Waals surface area contributed by atoms with Crippen LogP contribution in [0.5, 0.6) is 0 Å². The number of hydrogen-bond acceptors (Lipinski definition) is 5. The lowest BCUT2D eigenvalue weighted by Gasteiger charge is -2.33. The van der Waals surface area contributed by atoms with E-state index in [2.05, 4.69) is 27.8 Å². The van der Waals surface area contributed by atoms with Crippen LogP contribution in [-0.2, 0) is 0 Å². The minimum absolute atomic E-state index is 0.333. The molecule has 114 valence electrons. The first-order valence-corrected chi connectivity index (χ1v) is 7.73. The summed E-state index contributed by atoms with van der Waals surface area (Å²) in [7, 11) is 0. The highest BCUT2D eigenvalue weighted by Crippen LogP contribution is 2.29. The number of hydrogen-bond donors (Lipinski definition) is 0. The quantitative estimate of drug-likeness (QED) is 0.871. The number of nitriles is 1. The molecule has 0 saturated carbocycles. The van der Waals surface area contributed by atoms with Gasteiger partial charge in [0.05, 0.1) is 0 Å². The zero-order valence-corrected chi connectivity index (χ0v) is 13.2. The molecule has 0 radical (unpaired) electrons. The Kier molecular flexibility index (Phi) is 4.32. The average Bonchev–Trinajstić information content (AvgIpc) is 2.99. The van der Waals surface area contributed by atoms with Crippen molar-refractivity contribution in [3.05, 3.63) is 35.0 Å². The monoisotopic (exact) mass is 316 g/mol. The smallest absolute Gasteiger partial charge is 0.235 e. The van der Waals surface area contributed by atoms with Crippen molar-refractivity contribution in [3.63, 3.8) is 0 Å². The number of anilines is 1. The average molecular weight is 317 g/mol. The van der Waals surface area contributed by atoms with Gasteiger partial charge in [-0.05, 0) is 24.7 Å². The van der Waals surface area contributed by atoms with Crippen molar-refractivity contribution < 1.29 is 4.42 Å². The molecule has 0 atom stereocenters. The summed E-state index contributed by atoms with van der Waals surface area (Å²) in [6, 6.07) is 9.42. The molecule has 0 spiro atoms. The van der Waals surface area contributed by atoms with Gasteiger partial charge in [0.2, 0.25) is 17.5 Å². The fraction of sp³-hybridized carbons (Fsp3) is 0.375. The first kappa shape index (κ1) is 14.9. The molecular formula is C16H17ClN4O. The van der Waals surface area contributed by atoms with E-state index in [1.54, 1.807) is 12.1 Å². The molecule has 0 unspecified atom stereocenters. The van der Waals surface area contributed by atoms with Gasteiger partial charge in [0.15, 0.2) is 0 Å². The number of nitrogens with zero attached hydrogens (tertiary/aromatic N) is 4. The van der Waals surface area contributed by atoms with E-state index in [9.17, 15) is 5.26 Å². The minimum atomic E-state index is 0.333. The number of benzene rings is 1. The Hall–Kier alpha value is -2.03. The summed E-state index contributed by atoms with van der Waals surface area (Å²) in [6.07, 6.45) is 0. The summed E-state index contributed by atoms with van der Waals surface area (Å²) >= 11 is 6.01. The fourth-order valence-corrected chi connectivity index (χ4v) is 2.80. The molecule has 0 aliphatic carbocycles. The molecule has 2 aromatic rings. The molecule has 1 aromatic heterocycles. The number of piperazine rings is 1. The van der Waals surface area contributed by atoms with Crippen LogP contribution < -0.4 is 4.90 Å². The summed E-state index contributed by atoms with van der Waals surface area (Å²) in [5.41, 5.74) is 1.11. The van der Waals surface area contributed by atoms with Crippen LogP contribution in [0.4, 0.5) is 5.88 Å². The van der Waals surface area contributed by atoms with E-state index in [1.165, 1.54) is 0 Å². The molecule has 0 amide bonds. The molecule has 0 bridgehead atoms. The highest BCUT2D eigenvalue weighted by molar-refractivity contribution is 6.30. The molecule has 5 nitrogen and oxygen atoms in total. The molecule has 2 heterocycles. The summed E-state index contributed by atoms with van der Waals surface area (Å²) in [4.78, 5) is 8.77. The van der Waals surface area contributed by atoms with Gasteiger partial charge in [-0.3, -0.25) is 0 Å². The van der Waals surface area contributed by atoms with Gasteiger partial charge in [-0.1, -0.05) is 24.6 Å². The Morgan fingerprint density at radius 3 is 2.73 bits per heavy atom. The van der Waals surface area contributed by atoms with E-state index in [-0.39, 0.29) is 0 Å². The van der Waals surface area contributed by atoms with Gasteiger partial charge in [-0.15, -0.1) is 0 Å². The van der Waals surface area contributed by atoms with Crippen molar-refractivity contribution in [3.8, 4) is 17.5 Å². The second kappa shape index (κ2) is 6.39. The summed E-state index contributed by atoms with van der Waals surface area (Å²) in [6.45, 7) is 6.81. The first-order chi connectivity index (χ1) is 10.7. The van der Waals surface area contributed by atoms with Crippen LogP contribution in [0.1, 0.15) is 12.6 Å². The Morgan fingerprint density at radius 1 is 1.32 bits per heavy atom. The largest absolute Gasteiger partial charge is 0.419 e. The number of likely N-dealkylation sites (N-methyl/N-ethyl adjacent to an activating group) is 1. The zero-order valence-electron chi connectivity index (χ0n) is 12.4. The van der Waals surface area contributed by atoms with Crippen molar-refractivity contribution in [1.29, 1.82) is 5.26 Å². The van der Waals surface area contributed by atoms with Crippen LogP contribution in [0.25, 0.3) is 11.5 Å². The summed E-state index contributed by atoms with van der Waals surface area (Å²) < 4.78 is 5.87. The molecule has 1 aromatic carbocycles. The standard InChI is InChI=1S/C16H17ClN4O/c1-2-20-6-8-21(9-7-20)16-14(11-18)19-15(22-16)12-4-3-5-13(17)10-12/h3-5,10H,2,6-9H2,1H3. The van der Waals surface area contributed by atoms with E-state index < -0.39 is 0 Å². The normalized spacial score (nSPS) is 15.8. The molecule has 1 aliphatic heterocycles. The van der Waals surface area contributed by atoms with Gasteiger partial charge >= 0.3 is 0 Å². The van der Waals surface area contributed by atoms with Crippen LogP contribution in [0.3, 0.4) is 0 Å². The van der Waals surface area contributed by atoms with Gasteiger partial charge in [0.1, 0.15) is 6.07 Å². The zero-order chi connectivity index (χ0) is 15.5. The number of rotatable bonds is 3. The second-order valence-corrected chi connectivity index (χ2v) is 5.65. The lowest BCUT2D eigenvalue weighted by atomic mass is 10.2. The fourth-order valence-electron chi connectivity index (χ4n) is 2.61. The molecule has 1 aliphatic rings. The lowest BCUT2D eigenvalue weighted by molar-refractivity contribution is 0.266. The van der Waals surface area contributed by atoms with Gasteiger partial charge in [0, 0.05) is 36.8 Å². The molecule has 22 heavy (non-hydrogen) atoms. The van der Waals surface area contributed by atoms with Crippen molar-refractivity contribution in [2.75, 3.05) is 37.6 Å². The van der Waals surface area contributed by atoms with Crippen LogP contribution >= 0.6 is 11.6 Å². The van der Waals surface area contributed by atoms with Gasteiger partial charge in [-0.25, -0.2) is 0 Å². The maximum atomic E-state index is 9.33. The molecular weight excluding hydrogens is 300 g/mol. The Bertz CT molecular complexity index is 698. The second-order valence-electron chi connectivity index (χ2n) is 5.22. The maximum absolute atomic E-state index is 9.33. The summed E-state index contributed by atoms with van der Waals surface area (Å²) in [5, 5.41) is 9.94. The predicted molar refractivity (Wildman–Crippen MR) is 86.0 cm³/mol. The van der Waals surface area contributed by atoms with Crippen molar-refractivity contribution in [1.82, 2.24) is 9.88 Å². The lowest BCUT2D eigenvalue weighted by Crippen LogP contribution is -2.46. The van der Waals surface area contributed by atoms with Crippen molar-refractivity contribution >= 4 is 17.5 Å². The molecule has 0 N–H and O–H groups in total. The SMILES string of the molecule is CCN1CCN(c2oc(-c3cccc(Cl)c3)nc2C#N)CC1. The van der Waals surface area contributed by atoms with Crippen LogP contribution in [0.2, 0.25) is 5.02 Å². The Balaban J connectivity index is 1.88. The molecule has 1 saturated heterocycles. The first-order valence-electron chi connectivity index (χ1n) is 7.35. The van der Waals surface area contributed by atoms with Gasteiger partial charge in [-0.2, -0.15) is 10.2 Å². The van der Waals surface area contributed by atoms with Gasteiger partial charge < -0.3 is 14.2 Å². The van der Waals surface area contributed by atoms with Crippen LogP contribution in [0, 0.1) is 11.3 Å². The Labute approximate surface area is 134 Å². The molecule has 6 heteroatoms. The van der Waals surface area contributed by atoms with Gasteiger partial charge in [0.25, 0.3) is 0 Å². The van der Waals surface area contributed by atoms with Crippen LogP contribution in [-0.4, -0.2) is 42.6 Å². The highest BCUT2D eigenvalue weighted by Gasteiger charge is 2.24. The third-order valence-corrected chi connectivity index (χ3v) is 4.13. The van der Waals surface area contributed by atoms with Crippen molar-refractivity contribution in [2.45, 2.75) is 6.92 Å². The van der Waals surface area contributed by atoms with E-state index in [1.807, 2.05) is 12.1 Å². The predicted octanol–water partition coefficient (Wildman–Crippen LogP) is 3.01. The number of oxazole rings is 1. The topological polar surface area (TPSA) is 56.3 Å².